The lowest BCUT2D eigenvalue weighted by atomic mass is 10.2. The summed E-state index contributed by atoms with van der Waals surface area (Å²) in [5.74, 6) is -3.07. The monoisotopic (exact) mass is 371 g/mol. The number of likely N-dealkylation sites (tertiary alicyclic amines) is 1. The molecule has 2 rings (SSSR count). The van der Waals surface area contributed by atoms with Gasteiger partial charge in [-0.1, -0.05) is 0 Å². The number of methoxy groups -OCH3 is 1. The molecule has 1 saturated heterocycles. The van der Waals surface area contributed by atoms with Crippen LogP contribution in [0.1, 0.15) is 37.6 Å². The second-order valence-corrected chi connectivity index (χ2v) is 7.15. The lowest BCUT2D eigenvalue weighted by molar-refractivity contribution is -0.00274. The van der Waals surface area contributed by atoms with E-state index in [2.05, 4.69) is 4.74 Å². The number of amides is 1. The van der Waals surface area contributed by atoms with Crippen molar-refractivity contribution < 1.29 is 32.6 Å². The predicted molar refractivity (Wildman–Crippen MR) is 89.6 cm³/mol. The van der Waals surface area contributed by atoms with E-state index in [4.69, 9.17) is 9.47 Å². The number of hydrogen-bond donors (Lipinski definition) is 0. The highest BCUT2D eigenvalue weighted by Gasteiger charge is 2.48. The fourth-order valence-corrected chi connectivity index (χ4v) is 2.58. The van der Waals surface area contributed by atoms with Gasteiger partial charge in [-0.2, -0.15) is 0 Å². The minimum atomic E-state index is -2.99. The molecule has 1 fully saturated rings. The fourth-order valence-electron chi connectivity index (χ4n) is 2.58. The van der Waals surface area contributed by atoms with Crippen molar-refractivity contribution in [3.63, 3.8) is 0 Å². The Labute approximate surface area is 151 Å². The topological polar surface area (TPSA) is 65.1 Å². The van der Waals surface area contributed by atoms with Gasteiger partial charge in [-0.25, -0.2) is 18.4 Å². The van der Waals surface area contributed by atoms with E-state index in [9.17, 15) is 18.4 Å². The standard InChI is InChI=1S/C18H23F2NO5/c1-17(2,3)26-16(23)21-11-18(19,20)9-13(21)10-25-14-7-5-12(6-8-14)15(22)24-4/h5-8,13H,9-11H2,1-4H3/t13-/m0/s1. The number of esters is 1. The second-order valence-electron chi connectivity index (χ2n) is 7.15. The number of carbonyl (C=O) groups is 2. The first-order valence-electron chi connectivity index (χ1n) is 8.19. The van der Waals surface area contributed by atoms with Crippen LogP contribution >= 0.6 is 0 Å². The van der Waals surface area contributed by atoms with Crippen LogP contribution in [0.25, 0.3) is 0 Å². The third-order valence-electron chi connectivity index (χ3n) is 3.72. The molecule has 1 aliphatic heterocycles. The van der Waals surface area contributed by atoms with Gasteiger partial charge in [0, 0.05) is 6.42 Å². The molecule has 6 nitrogen and oxygen atoms in total. The van der Waals surface area contributed by atoms with Crippen LogP contribution in [0.3, 0.4) is 0 Å². The Kier molecular flexibility index (Phi) is 5.73. The van der Waals surface area contributed by atoms with Crippen LogP contribution in [0.2, 0.25) is 0 Å². The minimum Gasteiger partial charge on any atom is -0.491 e. The molecular formula is C18H23F2NO5. The van der Waals surface area contributed by atoms with Gasteiger partial charge in [0.15, 0.2) is 0 Å². The van der Waals surface area contributed by atoms with Gasteiger partial charge in [-0.05, 0) is 45.0 Å². The minimum absolute atomic E-state index is 0.105. The molecule has 1 aliphatic rings. The van der Waals surface area contributed by atoms with Crippen LogP contribution in [0.15, 0.2) is 24.3 Å². The number of alkyl halides is 2. The number of ether oxygens (including phenoxy) is 3. The zero-order valence-corrected chi connectivity index (χ0v) is 15.3. The quantitative estimate of drug-likeness (QED) is 0.758. The molecule has 26 heavy (non-hydrogen) atoms. The number of halogens is 2. The molecule has 1 atom stereocenters. The summed E-state index contributed by atoms with van der Waals surface area (Å²) in [5, 5.41) is 0. The Morgan fingerprint density at radius 3 is 2.38 bits per heavy atom. The van der Waals surface area contributed by atoms with Gasteiger partial charge in [0.25, 0.3) is 5.92 Å². The number of benzene rings is 1. The van der Waals surface area contributed by atoms with E-state index in [0.29, 0.717) is 11.3 Å². The average Bonchev–Trinajstić information content (AvgIpc) is 2.86. The van der Waals surface area contributed by atoms with Crippen molar-refractivity contribution in [2.45, 2.75) is 44.8 Å². The molecule has 0 unspecified atom stereocenters. The molecule has 0 N–H and O–H groups in total. The van der Waals surface area contributed by atoms with Crippen molar-refractivity contribution in [3.8, 4) is 5.75 Å². The smallest absolute Gasteiger partial charge is 0.410 e. The largest absolute Gasteiger partial charge is 0.491 e. The van der Waals surface area contributed by atoms with Crippen LogP contribution in [0.5, 0.6) is 5.75 Å². The van der Waals surface area contributed by atoms with E-state index in [1.165, 1.54) is 31.4 Å². The summed E-state index contributed by atoms with van der Waals surface area (Å²) in [6.45, 7) is 4.22. The molecule has 144 valence electrons. The molecule has 0 radical (unpaired) electrons. The van der Waals surface area contributed by atoms with E-state index in [1.54, 1.807) is 20.8 Å². The second kappa shape index (κ2) is 7.47. The highest BCUT2D eigenvalue weighted by molar-refractivity contribution is 5.89. The molecule has 1 aromatic carbocycles. The zero-order valence-electron chi connectivity index (χ0n) is 15.3. The zero-order chi connectivity index (χ0) is 19.5. The van der Waals surface area contributed by atoms with Crippen molar-refractivity contribution in [1.82, 2.24) is 4.90 Å². The summed E-state index contributed by atoms with van der Waals surface area (Å²) < 4.78 is 42.9. The predicted octanol–water partition coefficient (Wildman–Crippen LogP) is 3.50. The van der Waals surface area contributed by atoms with Gasteiger partial charge in [-0.3, -0.25) is 4.90 Å². The highest BCUT2D eigenvalue weighted by atomic mass is 19.3. The molecule has 0 aromatic heterocycles. The summed E-state index contributed by atoms with van der Waals surface area (Å²) >= 11 is 0. The molecule has 0 bridgehead atoms. The maximum atomic E-state index is 13.8. The SMILES string of the molecule is COC(=O)c1ccc(OC[C@@H]2CC(F)(F)CN2C(=O)OC(C)(C)C)cc1. The van der Waals surface area contributed by atoms with Crippen molar-refractivity contribution in [2.24, 2.45) is 0 Å². The Hall–Kier alpha value is -2.38. The fraction of sp³-hybridized carbons (Fsp3) is 0.556. The number of nitrogens with zero attached hydrogens (tertiary/aromatic N) is 1. The van der Waals surface area contributed by atoms with Gasteiger partial charge in [0.2, 0.25) is 0 Å². The van der Waals surface area contributed by atoms with Crippen LogP contribution in [0, 0.1) is 0 Å². The molecule has 1 aromatic rings. The summed E-state index contributed by atoms with van der Waals surface area (Å²) in [4.78, 5) is 24.6. The number of hydrogen-bond acceptors (Lipinski definition) is 5. The molecule has 1 amide bonds. The van der Waals surface area contributed by atoms with Gasteiger partial charge in [-0.15, -0.1) is 0 Å². The van der Waals surface area contributed by atoms with Crippen molar-refractivity contribution in [3.05, 3.63) is 29.8 Å². The summed E-state index contributed by atoms with van der Waals surface area (Å²) in [6, 6.07) is 5.29. The maximum Gasteiger partial charge on any atom is 0.410 e. The Morgan fingerprint density at radius 1 is 1.23 bits per heavy atom. The van der Waals surface area contributed by atoms with Crippen molar-refractivity contribution in [2.75, 3.05) is 20.3 Å². The Bertz CT molecular complexity index is 655. The molecule has 0 saturated carbocycles. The first kappa shape index (κ1) is 19.9. The normalized spacial score (nSPS) is 19.2. The first-order chi connectivity index (χ1) is 12.0. The summed E-state index contributed by atoms with van der Waals surface area (Å²) in [6.07, 6.45) is -1.28. The third-order valence-corrected chi connectivity index (χ3v) is 3.72. The average molecular weight is 371 g/mol. The Balaban J connectivity index is 2.01. The van der Waals surface area contributed by atoms with E-state index in [-0.39, 0.29) is 6.61 Å². The number of rotatable bonds is 4. The summed E-state index contributed by atoms with van der Waals surface area (Å²) in [5.41, 5.74) is -0.424. The Morgan fingerprint density at radius 2 is 1.85 bits per heavy atom. The molecule has 8 heteroatoms. The molecule has 1 heterocycles. The van der Waals surface area contributed by atoms with Gasteiger partial charge >= 0.3 is 12.1 Å². The van der Waals surface area contributed by atoms with Gasteiger partial charge < -0.3 is 14.2 Å². The molecule has 0 aliphatic carbocycles. The van der Waals surface area contributed by atoms with Crippen LogP contribution in [0.4, 0.5) is 13.6 Å². The summed E-state index contributed by atoms with van der Waals surface area (Å²) in [7, 11) is 1.28. The van der Waals surface area contributed by atoms with Crippen molar-refractivity contribution in [1.29, 1.82) is 0 Å². The van der Waals surface area contributed by atoms with E-state index in [0.717, 1.165) is 4.90 Å². The van der Waals surface area contributed by atoms with E-state index in [1.807, 2.05) is 0 Å². The first-order valence-corrected chi connectivity index (χ1v) is 8.19. The maximum absolute atomic E-state index is 13.8. The lowest BCUT2D eigenvalue weighted by Gasteiger charge is -2.28. The third kappa shape index (κ3) is 5.31. The highest BCUT2D eigenvalue weighted by Crippen LogP contribution is 2.33. The van der Waals surface area contributed by atoms with Crippen LogP contribution in [-0.2, 0) is 9.47 Å². The van der Waals surface area contributed by atoms with Crippen LogP contribution < -0.4 is 4.74 Å². The number of carbonyl (C=O) groups excluding carboxylic acids is 2. The lowest BCUT2D eigenvalue weighted by Crippen LogP contribution is -2.42. The van der Waals surface area contributed by atoms with Gasteiger partial charge in [0.05, 0.1) is 25.3 Å². The molecule has 0 spiro atoms. The van der Waals surface area contributed by atoms with Gasteiger partial charge in [0.1, 0.15) is 18.0 Å². The van der Waals surface area contributed by atoms with E-state index >= 15 is 0 Å². The molecular weight excluding hydrogens is 348 g/mol. The van der Waals surface area contributed by atoms with E-state index < -0.39 is 42.6 Å². The van der Waals surface area contributed by atoms with Crippen LogP contribution in [-0.4, -0.2) is 54.8 Å². The van der Waals surface area contributed by atoms with Crippen molar-refractivity contribution >= 4 is 12.1 Å².